The van der Waals surface area contributed by atoms with Gasteiger partial charge < -0.3 is 5.11 Å². The SMILES string of the molecule is CS(=O)(=O)Cc1nnc2cc(C(=O)O)ccn12. The largest absolute Gasteiger partial charge is 0.478 e. The number of carboxylic acids is 1. The second-order valence-corrected chi connectivity index (χ2v) is 5.78. The molecule has 0 aromatic carbocycles. The highest BCUT2D eigenvalue weighted by Crippen LogP contribution is 2.09. The van der Waals surface area contributed by atoms with Gasteiger partial charge in [0, 0.05) is 12.5 Å². The third-order valence-corrected chi connectivity index (χ3v) is 2.90. The molecule has 0 radical (unpaired) electrons. The van der Waals surface area contributed by atoms with Crippen molar-refractivity contribution in [3.05, 3.63) is 29.7 Å². The summed E-state index contributed by atoms with van der Waals surface area (Å²) in [4.78, 5) is 10.7. The van der Waals surface area contributed by atoms with Crippen LogP contribution in [0.4, 0.5) is 0 Å². The van der Waals surface area contributed by atoms with Gasteiger partial charge in [0.15, 0.2) is 21.3 Å². The van der Waals surface area contributed by atoms with E-state index in [9.17, 15) is 13.2 Å². The molecule has 2 heterocycles. The third-order valence-electron chi connectivity index (χ3n) is 2.12. The fraction of sp³-hybridized carbons (Fsp3) is 0.222. The molecule has 0 aliphatic carbocycles. The van der Waals surface area contributed by atoms with Crippen LogP contribution in [-0.4, -0.2) is 40.3 Å². The van der Waals surface area contributed by atoms with Crippen molar-refractivity contribution >= 4 is 21.5 Å². The smallest absolute Gasteiger partial charge is 0.335 e. The highest BCUT2D eigenvalue weighted by Gasteiger charge is 2.13. The molecule has 0 aliphatic heterocycles. The Morgan fingerprint density at radius 2 is 2.18 bits per heavy atom. The lowest BCUT2D eigenvalue weighted by Crippen LogP contribution is -2.05. The van der Waals surface area contributed by atoms with Crippen LogP contribution >= 0.6 is 0 Å². The number of carbonyl (C=O) groups is 1. The van der Waals surface area contributed by atoms with Gasteiger partial charge in [-0.1, -0.05) is 0 Å². The van der Waals surface area contributed by atoms with Gasteiger partial charge in [-0.25, -0.2) is 13.2 Å². The van der Waals surface area contributed by atoms with E-state index in [2.05, 4.69) is 10.2 Å². The van der Waals surface area contributed by atoms with Gasteiger partial charge in [0.05, 0.1) is 5.56 Å². The van der Waals surface area contributed by atoms with E-state index in [0.717, 1.165) is 6.26 Å². The monoisotopic (exact) mass is 255 g/mol. The zero-order chi connectivity index (χ0) is 12.6. The maximum absolute atomic E-state index is 11.1. The molecule has 0 bridgehead atoms. The van der Waals surface area contributed by atoms with Gasteiger partial charge in [0.2, 0.25) is 0 Å². The highest BCUT2D eigenvalue weighted by molar-refractivity contribution is 7.89. The van der Waals surface area contributed by atoms with Gasteiger partial charge in [-0.2, -0.15) is 0 Å². The van der Waals surface area contributed by atoms with E-state index in [0.29, 0.717) is 5.65 Å². The van der Waals surface area contributed by atoms with Gasteiger partial charge in [0.1, 0.15) is 5.75 Å². The van der Waals surface area contributed by atoms with E-state index < -0.39 is 15.8 Å². The summed E-state index contributed by atoms with van der Waals surface area (Å²) in [5.41, 5.74) is 0.388. The average molecular weight is 255 g/mol. The van der Waals surface area contributed by atoms with Crippen molar-refractivity contribution in [2.75, 3.05) is 6.26 Å². The first-order valence-corrected chi connectivity index (χ1v) is 6.67. The number of sulfone groups is 1. The number of carboxylic acid groups (broad SMARTS) is 1. The molecule has 2 aromatic rings. The van der Waals surface area contributed by atoms with E-state index in [1.807, 2.05) is 0 Å². The van der Waals surface area contributed by atoms with Crippen LogP contribution in [0.15, 0.2) is 18.3 Å². The Morgan fingerprint density at radius 1 is 1.47 bits per heavy atom. The number of aromatic nitrogens is 3. The van der Waals surface area contributed by atoms with Crippen molar-refractivity contribution in [1.82, 2.24) is 14.6 Å². The minimum absolute atomic E-state index is 0.0794. The first-order chi connectivity index (χ1) is 7.87. The first kappa shape index (κ1) is 11.5. The molecule has 8 heteroatoms. The van der Waals surface area contributed by atoms with Gasteiger partial charge in [-0.3, -0.25) is 4.40 Å². The maximum atomic E-state index is 11.1. The quantitative estimate of drug-likeness (QED) is 0.826. The molecule has 0 amide bonds. The fourth-order valence-electron chi connectivity index (χ4n) is 1.41. The average Bonchev–Trinajstić information content (AvgIpc) is 2.58. The van der Waals surface area contributed by atoms with Crippen molar-refractivity contribution in [1.29, 1.82) is 0 Å². The molecule has 90 valence electrons. The summed E-state index contributed by atoms with van der Waals surface area (Å²) in [7, 11) is -3.20. The normalized spacial score (nSPS) is 11.8. The third kappa shape index (κ3) is 2.41. The molecule has 0 spiro atoms. The standard InChI is InChI=1S/C9H9N3O4S/c1-17(15,16)5-8-11-10-7-4-6(9(13)14)2-3-12(7)8/h2-4H,5H2,1H3,(H,13,14). The summed E-state index contributed by atoms with van der Waals surface area (Å²) in [5.74, 6) is -1.04. The van der Waals surface area contributed by atoms with Gasteiger partial charge >= 0.3 is 5.97 Å². The minimum atomic E-state index is -3.20. The first-order valence-electron chi connectivity index (χ1n) is 4.61. The molecule has 0 saturated heterocycles. The Morgan fingerprint density at radius 3 is 2.76 bits per heavy atom. The molecular weight excluding hydrogens is 246 g/mol. The second kappa shape index (κ2) is 3.81. The molecular formula is C9H9N3O4S. The molecule has 7 nitrogen and oxygen atoms in total. The maximum Gasteiger partial charge on any atom is 0.335 e. The summed E-state index contributed by atoms with van der Waals surface area (Å²) < 4.78 is 23.7. The second-order valence-electron chi connectivity index (χ2n) is 3.64. The number of hydrogen-bond donors (Lipinski definition) is 1. The number of rotatable bonds is 3. The summed E-state index contributed by atoms with van der Waals surface area (Å²) in [6.07, 6.45) is 2.54. The predicted octanol–water partition coefficient (Wildman–Crippen LogP) is -0.0279. The number of fused-ring (bicyclic) bond motifs is 1. The zero-order valence-electron chi connectivity index (χ0n) is 8.86. The number of aromatic carboxylic acids is 1. The van der Waals surface area contributed by atoms with Gasteiger partial charge in [-0.15, -0.1) is 10.2 Å². The van der Waals surface area contributed by atoms with Crippen LogP contribution < -0.4 is 0 Å². The summed E-state index contributed by atoms with van der Waals surface area (Å²) >= 11 is 0. The van der Waals surface area contributed by atoms with Crippen molar-refractivity contribution < 1.29 is 18.3 Å². The molecule has 2 rings (SSSR count). The van der Waals surface area contributed by atoms with Crippen LogP contribution in [0, 0.1) is 0 Å². The van der Waals surface area contributed by atoms with Crippen LogP contribution in [0.25, 0.3) is 5.65 Å². The summed E-state index contributed by atoms with van der Waals surface area (Å²) in [6.45, 7) is 0. The Labute approximate surface area is 96.6 Å². The Bertz CT molecular complexity index is 689. The Hall–Kier alpha value is -1.96. The van der Waals surface area contributed by atoms with Crippen LogP contribution in [0.5, 0.6) is 0 Å². The number of hydrogen-bond acceptors (Lipinski definition) is 5. The molecule has 0 atom stereocenters. The van der Waals surface area contributed by atoms with Crippen molar-refractivity contribution in [3.8, 4) is 0 Å². The van der Waals surface area contributed by atoms with Crippen LogP contribution in [0.3, 0.4) is 0 Å². The lowest BCUT2D eigenvalue weighted by Gasteiger charge is -1.99. The zero-order valence-corrected chi connectivity index (χ0v) is 9.68. The predicted molar refractivity (Wildman–Crippen MR) is 58.5 cm³/mol. The molecule has 0 aliphatic rings. The Kier molecular flexibility index (Phi) is 2.58. The molecule has 0 unspecified atom stereocenters. The van der Waals surface area contributed by atoms with E-state index in [1.54, 1.807) is 0 Å². The molecule has 17 heavy (non-hydrogen) atoms. The summed E-state index contributed by atoms with van der Waals surface area (Å²) in [5, 5.41) is 16.2. The van der Waals surface area contributed by atoms with E-state index >= 15 is 0 Å². The highest BCUT2D eigenvalue weighted by atomic mass is 32.2. The number of nitrogens with zero attached hydrogens (tertiary/aromatic N) is 3. The van der Waals surface area contributed by atoms with E-state index in [1.165, 1.54) is 22.7 Å². The van der Waals surface area contributed by atoms with Crippen LogP contribution in [0.2, 0.25) is 0 Å². The molecule has 0 fully saturated rings. The Balaban J connectivity index is 2.52. The molecule has 0 saturated carbocycles. The number of pyridine rings is 1. The van der Waals surface area contributed by atoms with Gasteiger partial charge in [0.25, 0.3) is 0 Å². The van der Waals surface area contributed by atoms with E-state index in [4.69, 9.17) is 5.11 Å². The van der Waals surface area contributed by atoms with Crippen molar-refractivity contribution in [2.24, 2.45) is 0 Å². The van der Waals surface area contributed by atoms with Crippen LogP contribution in [-0.2, 0) is 15.6 Å². The van der Waals surface area contributed by atoms with Crippen LogP contribution in [0.1, 0.15) is 16.2 Å². The van der Waals surface area contributed by atoms with Crippen molar-refractivity contribution in [2.45, 2.75) is 5.75 Å². The van der Waals surface area contributed by atoms with E-state index in [-0.39, 0.29) is 17.1 Å². The molecule has 2 aromatic heterocycles. The molecule has 1 N–H and O–H groups in total. The topological polar surface area (TPSA) is 102 Å². The lowest BCUT2D eigenvalue weighted by molar-refractivity contribution is 0.0697. The lowest BCUT2D eigenvalue weighted by atomic mass is 10.3. The van der Waals surface area contributed by atoms with Crippen molar-refractivity contribution in [3.63, 3.8) is 0 Å². The minimum Gasteiger partial charge on any atom is -0.478 e. The van der Waals surface area contributed by atoms with Gasteiger partial charge in [-0.05, 0) is 12.1 Å². The fourth-order valence-corrected chi connectivity index (χ4v) is 2.07. The summed E-state index contributed by atoms with van der Waals surface area (Å²) in [6, 6.07) is 2.70.